The molecule has 5 nitrogen and oxygen atoms in total. The number of rotatable bonds is 7. The molecule has 0 fully saturated rings. The Kier molecular flexibility index (Phi) is 5.45. The largest absolute Gasteiger partial charge is 0.493 e. The average molecular weight is 240 g/mol. The molecule has 0 bridgehead atoms. The SMILES string of the molecule is COc1cc(C=O)ccc1OCOC(C)OC. The molecule has 1 aromatic rings. The Bertz CT molecular complexity index is 364. The normalized spacial score (nSPS) is 11.9. The number of carbonyl (C=O) groups is 1. The van der Waals surface area contributed by atoms with Crippen LogP contribution >= 0.6 is 0 Å². The smallest absolute Gasteiger partial charge is 0.192 e. The number of hydrogen-bond acceptors (Lipinski definition) is 5. The molecule has 0 aliphatic carbocycles. The van der Waals surface area contributed by atoms with E-state index in [2.05, 4.69) is 0 Å². The second-order valence-electron chi connectivity index (χ2n) is 3.26. The van der Waals surface area contributed by atoms with Crippen molar-refractivity contribution >= 4 is 6.29 Å². The van der Waals surface area contributed by atoms with Gasteiger partial charge in [0.05, 0.1) is 7.11 Å². The summed E-state index contributed by atoms with van der Waals surface area (Å²) in [6.07, 6.45) is 0.408. The Morgan fingerprint density at radius 1 is 1.29 bits per heavy atom. The first-order chi connectivity index (χ1) is 8.21. The fourth-order valence-corrected chi connectivity index (χ4v) is 1.14. The Hall–Kier alpha value is -1.59. The van der Waals surface area contributed by atoms with Crippen molar-refractivity contribution in [3.63, 3.8) is 0 Å². The average Bonchev–Trinajstić information content (AvgIpc) is 2.38. The molecule has 0 spiro atoms. The lowest BCUT2D eigenvalue weighted by atomic mass is 10.2. The summed E-state index contributed by atoms with van der Waals surface area (Å²) in [6, 6.07) is 4.90. The minimum Gasteiger partial charge on any atom is -0.493 e. The molecule has 0 heterocycles. The zero-order valence-corrected chi connectivity index (χ0v) is 10.1. The molecular formula is C12H16O5. The number of methoxy groups -OCH3 is 2. The third-order valence-corrected chi connectivity index (χ3v) is 2.17. The van der Waals surface area contributed by atoms with Crippen molar-refractivity contribution in [2.75, 3.05) is 21.0 Å². The predicted octanol–water partition coefficient (Wildman–Crippen LogP) is 1.85. The lowest BCUT2D eigenvalue weighted by Gasteiger charge is -2.14. The van der Waals surface area contributed by atoms with Gasteiger partial charge < -0.3 is 18.9 Å². The predicted molar refractivity (Wildman–Crippen MR) is 61.4 cm³/mol. The Morgan fingerprint density at radius 3 is 2.65 bits per heavy atom. The number of aldehydes is 1. The maximum Gasteiger partial charge on any atom is 0.192 e. The highest BCUT2D eigenvalue weighted by atomic mass is 16.7. The molecule has 94 valence electrons. The van der Waals surface area contributed by atoms with Crippen LogP contribution in [0.3, 0.4) is 0 Å². The summed E-state index contributed by atoms with van der Waals surface area (Å²) >= 11 is 0. The first-order valence-corrected chi connectivity index (χ1v) is 5.11. The van der Waals surface area contributed by atoms with Crippen molar-refractivity contribution in [3.8, 4) is 11.5 Å². The lowest BCUT2D eigenvalue weighted by Crippen LogP contribution is -2.14. The molecule has 0 saturated carbocycles. The molecule has 0 radical (unpaired) electrons. The van der Waals surface area contributed by atoms with Crippen LogP contribution in [-0.4, -0.2) is 33.6 Å². The van der Waals surface area contributed by atoms with E-state index in [1.165, 1.54) is 7.11 Å². The number of ether oxygens (including phenoxy) is 4. The summed E-state index contributed by atoms with van der Waals surface area (Å²) in [6.45, 7) is 1.81. The van der Waals surface area contributed by atoms with Gasteiger partial charge in [-0.1, -0.05) is 0 Å². The van der Waals surface area contributed by atoms with Gasteiger partial charge in [0.1, 0.15) is 6.29 Å². The Balaban J connectivity index is 2.61. The summed E-state index contributed by atoms with van der Waals surface area (Å²) in [4.78, 5) is 10.6. The monoisotopic (exact) mass is 240 g/mol. The molecule has 1 rings (SSSR count). The maximum atomic E-state index is 10.6. The molecule has 5 heteroatoms. The number of carbonyl (C=O) groups excluding carboxylic acids is 1. The second-order valence-corrected chi connectivity index (χ2v) is 3.26. The van der Waals surface area contributed by atoms with Gasteiger partial charge in [-0.15, -0.1) is 0 Å². The zero-order valence-electron chi connectivity index (χ0n) is 10.1. The third kappa shape index (κ3) is 4.05. The van der Waals surface area contributed by atoms with E-state index >= 15 is 0 Å². The maximum absolute atomic E-state index is 10.6. The van der Waals surface area contributed by atoms with Gasteiger partial charge in [-0.3, -0.25) is 4.79 Å². The van der Waals surface area contributed by atoms with Gasteiger partial charge in [-0.25, -0.2) is 0 Å². The second kappa shape index (κ2) is 6.88. The van der Waals surface area contributed by atoms with Crippen molar-refractivity contribution in [1.29, 1.82) is 0 Å². The van der Waals surface area contributed by atoms with Crippen LogP contribution in [0.5, 0.6) is 11.5 Å². The summed E-state index contributed by atoms with van der Waals surface area (Å²) in [7, 11) is 3.06. The van der Waals surface area contributed by atoms with Gasteiger partial charge in [0.15, 0.2) is 24.6 Å². The van der Waals surface area contributed by atoms with Crippen LogP contribution in [0.1, 0.15) is 17.3 Å². The summed E-state index contributed by atoms with van der Waals surface area (Å²) in [5, 5.41) is 0. The van der Waals surface area contributed by atoms with Crippen LogP contribution in [0.15, 0.2) is 18.2 Å². The van der Waals surface area contributed by atoms with E-state index in [1.807, 2.05) is 0 Å². The van der Waals surface area contributed by atoms with Gasteiger partial charge in [-0.05, 0) is 25.1 Å². The highest BCUT2D eigenvalue weighted by molar-refractivity contribution is 5.76. The molecule has 1 unspecified atom stereocenters. The first-order valence-electron chi connectivity index (χ1n) is 5.11. The van der Waals surface area contributed by atoms with Crippen LogP contribution < -0.4 is 9.47 Å². The molecule has 1 aromatic carbocycles. The standard InChI is InChI=1S/C12H16O5/c1-9(14-2)16-8-17-11-5-4-10(7-13)6-12(11)15-3/h4-7,9H,8H2,1-3H3. The van der Waals surface area contributed by atoms with Gasteiger partial charge >= 0.3 is 0 Å². The molecule has 17 heavy (non-hydrogen) atoms. The Labute approximate surface area is 100 Å². The van der Waals surface area contributed by atoms with E-state index in [0.717, 1.165) is 6.29 Å². The molecule has 0 aliphatic heterocycles. The summed E-state index contributed by atoms with van der Waals surface area (Å²) in [5.74, 6) is 1.00. The fraction of sp³-hybridized carbons (Fsp3) is 0.417. The van der Waals surface area contributed by atoms with Gasteiger partial charge in [0.25, 0.3) is 0 Å². The van der Waals surface area contributed by atoms with E-state index in [0.29, 0.717) is 17.1 Å². The molecule has 0 aliphatic rings. The van der Waals surface area contributed by atoms with Crippen molar-refractivity contribution in [2.24, 2.45) is 0 Å². The minimum absolute atomic E-state index is 0.0474. The molecule has 0 N–H and O–H groups in total. The highest BCUT2D eigenvalue weighted by Crippen LogP contribution is 2.27. The van der Waals surface area contributed by atoms with Crippen LogP contribution in [0.25, 0.3) is 0 Å². The van der Waals surface area contributed by atoms with E-state index in [1.54, 1.807) is 32.2 Å². The quantitative estimate of drug-likeness (QED) is 0.537. The molecule has 0 saturated heterocycles. The third-order valence-electron chi connectivity index (χ3n) is 2.17. The van der Waals surface area contributed by atoms with Crippen LogP contribution in [-0.2, 0) is 9.47 Å². The van der Waals surface area contributed by atoms with Gasteiger partial charge in [0, 0.05) is 12.7 Å². The summed E-state index contributed by atoms with van der Waals surface area (Å²) in [5.41, 5.74) is 0.528. The van der Waals surface area contributed by atoms with Crippen molar-refractivity contribution in [1.82, 2.24) is 0 Å². The van der Waals surface area contributed by atoms with Crippen LogP contribution in [0, 0.1) is 0 Å². The summed E-state index contributed by atoms with van der Waals surface area (Å²) < 4.78 is 20.5. The Morgan fingerprint density at radius 2 is 2.06 bits per heavy atom. The van der Waals surface area contributed by atoms with E-state index in [-0.39, 0.29) is 13.1 Å². The topological polar surface area (TPSA) is 54.0 Å². The molecule has 0 aromatic heterocycles. The number of benzene rings is 1. The van der Waals surface area contributed by atoms with E-state index in [4.69, 9.17) is 18.9 Å². The zero-order chi connectivity index (χ0) is 12.7. The van der Waals surface area contributed by atoms with Crippen LogP contribution in [0.4, 0.5) is 0 Å². The molecule has 1 atom stereocenters. The molecule has 0 amide bonds. The highest BCUT2D eigenvalue weighted by Gasteiger charge is 2.06. The molecular weight excluding hydrogens is 224 g/mol. The van der Waals surface area contributed by atoms with Gasteiger partial charge in [0.2, 0.25) is 0 Å². The minimum atomic E-state index is -0.338. The van der Waals surface area contributed by atoms with Crippen molar-refractivity contribution in [2.45, 2.75) is 13.2 Å². The fourth-order valence-electron chi connectivity index (χ4n) is 1.14. The van der Waals surface area contributed by atoms with E-state index in [9.17, 15) is 4.79 Å². The van der Waals surface area contributed by atoms with Crippen LogP contribution in [0.2, 0.25) is 0 Å². The number of hydrogen-bond donors (Lipinski definition) is 0. The first kappa shape index (κ1) is 13.5. The van der Waals surface area contributed by atoms with Crippen molar-refractivity contribution < 1.29 is 23.7 Å². The van der Waals surface area contributed by atoms with Crippen molar-refractivity contribution in [3.05, 3.63) is 23.8 Å². The lowest BCUT2D eigenvalue weighted by molar-refractivity contribution is -0.149. The van der Waals surface area contributed by atoms with Gasteiger partial charge in [-0.2, -0.15) is 0 Å². The van der Waals surface area contributed by atoms with E-state index < -0.39 is 0 Å².